The molecule has 0 fully saturated rings. The van der Waals surface area contributed by atoms with E-state index >= 15 is 0 Å². The molecule has 11 rings (SSSR count). The Labute approximate surface area is 335 Å². The fourth-order valence-corrected chi connectivity index (χ4v) is 9.71. The van der Waals surface area contributed by atoms with Gasteiger partial charge in [0.15, 0.2) is 0 Å². The van der Waals surface area contributed by atoms with Crippen molar-refractivity contribution in [1.29, 1.82) is 0 Å². The predicted molar refractivity (Wildman–Crippen MR) is 243 cm³/mol. The number of hydrogen-bond acceptors (Lipinski definition) is 3. The van der Waals surface area contributed by atoms with Crippen LogP contribution < -0.4 is 4.90 Å². The number of fused-ring (bicyclic) bond motifs is 6. The third-order valence-corrected chi connectivity index (χ3v) is 12.4. The Bertz CT molecular complexity index is 3210. The van der Waals surface area contributed by atoms with E-state index in [0.717, 1.165) is 50.1 Å². The second kappa shape index (κ2) is 13.8. The van der Waals surface area contributed by atoms with Crippen LogP contribution in [0, 0.1) is 0 Å². The largest absolute Gasteiger partial charge is 0.456 e. The lowest BCUT2D eigenvalue weighted by Gasteiger charge is -2.26. The van der Waals surface area contributed by atoms with E-state index in [4.69, 9.17) is 4.42 Å². The molecule has 9 aromatic carbocycles. The first-order valence-corrected chi connectivity index (χ1v) is 20.1. The third kappa shape index (κ3) is 5.80. The van der Waals surface area contributed by atoms with Crippen molar-refractivity contribution >= 4 is 70.5 Å². The van der Waals surface area contributed by atoms with Gasteiger partial charge in [0.1, 0.15) is 11.2 Å². The lowest BCUT2D eigenvalue weighted by molar-refractivity contribution is 0.669. The standard InChI is InChI=1S/C54H35NOS/c1-3-13-36(14-4-1)40-17-9-18-41(35-40)37-27-31-42(32-28-37)55(43-33-29-39(30-34-43)44-20-12-26-51-52(44)48-19-7-8-25-50(48)56-51)49-24-11-23-47-46-22-10-21-45(53(46)57-54(47)49)38-15-5-2-6-16-38/h1-35H. The van der Waals surface area contributed by atoms with Crippen LogP contribution in [0.15, 0.2) is 217 Å². The molecule has 0 N–H and O–H groups in total. The van der Waals surface area contributed by atoms with Crippen LogP contribution in [0.3, 0.4) is 0 Å². The first kappa shape index (κ1) is 33.2. The molecule has 0 amide bonds. The number of para-hydroxylation sites is 1. The van der Waals surface area contributed by atoms with Gasteiger partial charge in [-0.2, -0.15) is 0 Å². The normalized spacial score (nSPS) is 11.5. The van der Waals surface area contributed by atoms with Crippen molar-refractivity contribution in [3.63, 3.8) is 0 Å². The van der Waals surface area contributed by atoms with Crippen LogP contribution in [0.25, 0.3) is 86.6 Å². The molecule has 2 aromatic heterocycles. The molecule has 57 heavy (non-hydrogen) atoms. The Morgan fingerprint density at radius 3 is 1.56 bits per heavy atom. The number of nitrogens with zero attached hydrogens (tertiary/aromatic N) is 1. The molecule has 0 aliphatic heterocycles. The van der Waals surface area contributed by atoms with Crippen LogP contribution in [0.4, 0.5) is 17.1 Å². The zero-order chi connectivity index (χ0) is 37.7. The zero-order valence-corrected chi connectivity index (χ0v) is 31.8. The van der Waals surface area contributed by atoms with E-state index in [1.54, 1.807) is 0 Å². The van der Waals surface area contributed by atoms with Gasteiger partial charge in [0.2, 0.25) is 0 Å². The third-order valence-electron chi connectivity index (χ3n) is 11.1. The van der Waals surface area contributed by atoms with Crippen molar-refractivity contribution in [2.75, 3.05) is 4.90 Å². The Hall–Kier alpha value is -7.20. The molecule has 0 bridgehead atoms. The van der Waals surface area contributed by atoms with Gasteiger partial charge in [0.25, 0.3) is 0 Å². The topological polar surface area (TPSA) is 16.4 Å². The molecule has 2 nitrogen and oxygen atoms in total. The van der Waals surface area contributed by atoms with Gasteiger partial charge in [-0.15, -0.1) is 11.3 Å². The predicted octanol–water partition coefficient (Wildman–Crippen LogP) is 16.1. The lowest BCUT2D eigenvalue weighted by Crippen LogP contribution is -2.10. The molecule has 0 saturated carbocycles. The van der Waals surface area contributed by atoms with Gasteiger partial charge in [-0.05, 0) is 93.0 Å². The minimum absolute atomic E-state index is 0.903. The van der Waals surface area contributed by atoms with Gasteiger partial charge < -0.3 is 9.32 Å². The molecule has 0 spiro atoms. The van der Waals surface area contributed by atoms with Gasteiger partial charge in [-0.3, -0.25) is 0 Å². The summed E-state index contributed by atoms with van der Waals surface area (Å²) in [6, 6.07) is 76.3. The Morgan fingerprint density at radius 2 is 0.825 bits per heavy atom. The Balaban J connectivity index is 1.06. The van der Waals surface area contributed by atoms with E-state index in [1.807, 2.05) is 23.5 Å². The summed E-state index contributed by atoms with van der Waals surface area (Å²) in [5.74, 6) is 0. The van der Waals surface area contributed by atoms with E-state index in [0.29, 0.717) is 0 Å². The number of anilines is 3. The molecule has 0 atom stereocenters. The average Bonchev–Trinajstić information content (AvgIpc) is 3.87. The van der Waals surface area contributed by atoms with Crippen LogP contribution in [0.2, 0.25) is 0 Å². The molecule has 268 valence electrons. The highest BCUT2D eigenvalue weighted by atomic mass is 32.1. The Kier molecular flexibility index (Phi) is 8.04. The van der Waals surface area contributed by atoms with Crippen LogP contribution in [-0.4, -0.2) is 0 Å². The van der Waals surface area contributed by atoms with E-state index in [-0.39, 0.29) is 0 Å². The summed E-state index contributed by atoms with van der Waals surface area (Å²) in [5, 5.41) is 4.82. The average molecular weight is 746 g/mol. The number of benzene rings is 9. The van der Waals surface area contributed by atoms with Crippen LogP contribution in [0.5, 0.6) is 0 Å². The maximum atomic E-state index is 6.26. The van der Waals surface area contributed by atoms with E-state index in [1.165, 1.54) is 53.6 Å². The van der Waals surface area contributed by atoms with Crippen LogP contribution in [0.1, 0.15) is 0 Å². The number of thiophene rings is 1. The second-order valence-electron chi connectivity index (χ2n) is 14.5. The zero-order valence-electron chi connectivity index (χ0n) is 31.0. The molecule has 3 heteroatoms. The summed E-state index contributed by atoms with van der Waals surface area (Å²) in [6.45, 7) is 0. The minimum atomic E-state index is 0.903. The van der Waals surface area contributed by atoms with E-state index < -0.39 is 0 Å². The van der Waals surface area contributed by atoms with Gasteiger partial charge in [0, 0.05) is 37.6 Å². The van der Waals surface area contributed by atoms with Crippen LogP contribution >= 0.6 is 11.3 Å². The van der Waals surface area contributed by atoms with Crippen molar-refractivity contribution in [2.24, 2.45) is 0 Å². The van der Waals surface area contributed by atoms with Crippen molar-refractivity contribution < 1.29 is 4.42 Å². The quantitative estimate of drug-likeness (QED) is 0.162. The molecule has 0 aliphatic carbocycles. The summed E-state index contributed by atoms with van der Waals surface area (Å²) in [7, 11) is 0. The first-order chi connectivity index (χ1) is 28.3. The van der Waals surface area contributed by atoms with Gasteiger partial charge in [-0.1, -0.05) is 164 Å². The van der Waals surface area contributed by atoms with Crippen molar-refractivity contribution in [3.8, 4) is 44.5 Å². The maximum Gasteiger partial charge on any atom is 0.136 e. The molecule has 0 aliphatic rings. The summed E-state index contributed by atoms with van der Waals surface area (Å²) >= 11 is 1.88. The monoisotopic (exact) mass is 745 g/mol. The second-order valence-corrected chi connectivity index (χ2v) is 15.5. The highest BCUT2D eigenvalue weighted by molar-refractivity contribution is 7.27. The van der Waals surface area contributed by atoms with Gasteiger partial charge in [0.05, 0.1) is 10.4 Å². The van der Waals surface area contributed by atoms with Crippen molar-refractivity contribution in [3.05, 3.63) is 212 Å². The fourth-order valence-electron chi connectivity index (χ4n) is 8.37. The smallest absolute Gasteiger partial charge is 0.136 e. The number of hydrogen-bond donors (Lipinski definition) is 0. The minimum Gasteiger partial charge on any atom is -0.456 e. The molecular formula is C54H35NOS. The van der Waals surface area contributed by atoms with Gasteiger partial charge in [-0.25, -0.2) is 0 Å². The summed E-state index contributed by atoms with van der Waals surface area (Å²) in [6.07, 6.45) is 0. The summed E-state index contributed by atoms with van der Waals surface area (Å²) in [5.41, 5.74) is 14.8. The summed E-state index contributed by atoms with van der Waals surface area (Å²) < 4.78 is 8.82. The summed E-state index contributed by atoms with van der Waals surface area (Å²) in [4.78, 5) is 2.42. The molecule has 2 heterocycles. The van der Waals surface area contributed by atoms with E-state index in [9.17, 15) is 0 Å². The van der Waals surface area contributed by atoms with Gasteiger partial charge >= 0.3 is 0 Å². The van der Waals surface area contributed by atoms with Crippen LogP contribution in [-0.2, 0) is 0 Å². The van der Waals surface area contributed by atoms with Crippen molar-refractivity contribution in [1.82, 2.24) is 0 Å². The maximum absolute atomic E-state index is 6.26. The Morgan fingerprint density at radius 1 is 0.333 bits per heavy atom. The highest BCUT2D eigenvalue weighted by Gasteiger charge is 2.20. The van der Waals surface area contributed by atoms with E-state index in [2.05, 4.69) is 205 Å². The molecule has 0 unspecified atom stereocenters. The lowest BCUT2D eigenvalue weighted by atomic mass is 9.98. The number of rotatable bonds is 7. The molecule has 11 aromatic rings. The molecule has 0 radical (unpaired) electrons. The molecular weight excluding hydrogens is 711 g/mol. The SMILES string of the molecule is c1ccc(-c2cccc(-c3ccc(N(c4ccc(-c5cccc6oc7ccccc7c56)cc4)c4cccc5c4sc4c(-c6ccccc6)cccc45)cc3)c2)cc1. The van der Waals surface area contributed by atoms with Crippen molar-refractivity contribution in [2.45, 2.75) is 0 Å². The first-order valence-electron chi connectivity index (χ1n) is 19.3. The number of furan rings is 1. The highest BCUT2D eigenvalue weighted by Crippen LogP contribution is 2.48. The molecule has 0 saturated heterocycles. The fraction of sp³-hybridized carbons (Fsp3) is 0.